The fraction of sp³-hybridized carbons (Fsp3) is 0.818. The quantitative estimate of drug-likeness (QED) is 0.381. The summed E-state index contributed by atoms with van der Waals surface area (Å²) in [5, 5.41) is 21.4. The Labute approximate surface area is 238 Å². The molecule has 6 aliphatic rings. The average Bonchev–Trinajstić information content (AvgIpc) is 3.67. The average molecular weight is 552 g/mol. The molecule has 7 nitrogen and oxygen atoms in total. The van der Waals surface area contributed by atoms with Gasteiger partial charge in [-0.15, -0.1) is 0 Å². The third-order valence-electron chi connectivity index (χ3n) is 14.1. The lowest BCUT2D eigenvalue weighted by Crippen LogP contribution is -2.68. The molecular formula is C33H45NO6. The van der Waals surface area contributed by atoms with Gasteiger partial charge < -0.3 is 14.6 Å². The standard InChI is InChI=1S/C33H45NO6/c1-9-28(4)15-18-23-19(35)14-21-29(5,30(23,6)12-13-32(18,16-22(28)36)26(38)39-8)11-10-20-27(2,3)24(37)33(17-34)25(40-33)31(20,21)7/h14,18,20,22-23,25,36H,9-13,15-16H2,1-8H3/t18-,20-,22-,23-,25+,28+,29+,30+,31-,32+,33-/m0/s1. The van der Waals surface area contributed by atoms with Crippen LogP contribution in [-0.4, -0.2) is 47.6 Å². The number of ketones is 2. The van der Waals surface area contributed by atoms with E-state index in [9.17, 15) is 24.8 Å². The third-order valence-corrected chi connectivity index (χ3v) is 14.1. The van der Waals surface area contributed by atoms with E-state index in [-0.39, 0.29) is 40.7 Å². The van der Waals surface area contributed by atoms with E-state index in [1.807, 2.05) is 19.9 Å². The lowest BCUT2D eigenvalue weighted by Gasteiger charge is -2.69. The number of carbonyl (C=O) groups excluding carboxylic acids is 3. The van der Waals surface area contributed by atoms with Gasteiger partial charge in [0.1, 0.15) is 12.2 Å². The second kappa shape index (κ2) is 7.86. The SMILES string of the molecule is CC[C@]1(C)C[C@H]2[C@H]3C(=O)C=C4[C@@]5(C)[C@H]6O[C@@]6(C#N)C(=O)C(C)(C)[C@@H]5CC[C@@]4(C)[C@]3(C)CC[C@@]2(C(=O)OC)C[C@@H]1O. The van der Waals surface area contributed by atoms with E-state index >= 15 is 0 Å². The highest BCUT2D eigenvalue weighted by atomic mass is 16.6. The molecule has 0 aromatic heterocycles. The first-order valence-corrected chi connectivity index (χ1v) is 15.2. The second-order valence-corrected chi connectivity index (χ2v) is 15.6. The van der Waals surface area contributed by atoms with Gasteiger partial charge in [-0.2, -0.15) is 5.26 Å². The number of esters is 1. The zero-order valence-electron chi connectivity index (χ0n) is 25.3. The number of aliphatic hydroxyl groups is 1. The summed E-state index contributed by atoms with van der Waals surface area (Å²) >= 11 is 0. The van der Waals surface area contributed by atoms with Crippen LogP contribution in [0.4, 0.5) is 0 Å². The number of hydrogen-bond acceptors (Lipinski definition) is 7. The Balaban J connectivity index is 1.52. The number of nitrogens with zero attached hydrogens (tertiary/aromatic N) is 1. The minimum Gasteiger partial charge on any atom is -0.469 e. The van der Waals surface area contributed by atoms with E-state index in [0.717, 1.165) is 24.8 Å². The van der Waals surface area contributed by atoms with Crippen LogP contribution >= 0.6 is 0 Å². The molecule has 0 aromatic rings. The van der Waals surface area contributed by atoms with Gasteiger partial charge in [0.2, 0.25) is 5.60 Å². The Morgan fingerprint density at radius 2 is 1.80 bits per heavy atom. The number of methoxy groups -OCH3 is 1. The highest BCUT2D eigenvalue weighted by Gasteiger charge is 2.82. The fourth-order valence-electron chi connectivity index (χ4n) is 11.3. The molecule has 5 aliphatic carbocycles. The fourth-order valence-corrected chi connectivity index (χ4v) is 11.3. The van der Waals surface area contributed by atoms with Crippen LogP contribution in [0.2, 0.25) is 0 Å². The molecule has 0 aromatic carbocycles. The van der Waals surface area contributed by atoms with E-state index in [1.165, 1.54) is 7.11 Å². The van der Waals surface area contributed by atoms with Gasteiger partial charge in [0, 0.05) is 16.7 Å². The van der Waals surface area contributed by atoms with Crippen LogP contribution in [0.5, 0.6) is 0 Å². The summed E-state index contributed by atoms with van der Waals surface area (Å²) in [4.78, 5) is 41.6. The molecule has 7 heteroatoms. The maximum Gasteiger partial charge on any atom is 0.312 e. The van der Waals surface area contributed by atoms with Crippen LogP contribution in [-0.2, 0) is 23.9 Å². The number of carbonyl (C=O) groups is 3. The van der Waals surface area contributed by atoms with Crippen LogP contribution < -0.4 is 0 Å². The summed E-state index contributed by atoms with van der Waals surface area (Å²) in [5.74, 6) is -1.07. The van der Waals surface area contributed by atoms with Crippen molar-refractivity contribution in [2.24, 2.45) is 50.2 Å². The summed E-state index contributed by atoms with van der Waals surface area (Å²) in [6.07, 6.45) is 5.18. The molecule has 0 spiro atoms. The zero-order chi connectivity index (χ0) is 29.5. The predicted octanol–water partition coefficient (Wildman–Crippen LogP) is 4.95. The van der Waals surface area contributed by atoms with Gasteiger partial charge in [0.15, 0.2) is 11.6 Å². The number of epoxide rings is 1. The Bertz CT molecular complexity index is 1300. The number of fused-ring (bicyclic) bond motifs is 9. The highest BCUT2D eigenvalue weighted by Crippen LogP contribution is 2.77. The van der Waals surface area contributed by atoms with Crippen molar-refractivity contribution in [2.45, 2.75) is 111 Å². The van der Waals surface area contributed by atoms with Gasteiger partial charge in [0.25, 0.3) is 0 Å². The maximum atomic E-state index is 14.6. The summed E-state index contributed by atoms with van der Waals surface area (Å²) in [6, 6.07) is 2.22. The molecule has 5 fully saturated rings. The molecule has 1 saturated heterocycles. The molecule has 6 rings (SSSR count). The first-order chi connectivity index (χ1) is 18.5. The topological polar surface area (TPSA) is 117 Å². The van der Waals surface area contributed by atoms with Gasteiger partial charge in [-0.3, -0.25) is 14.4 Å². The number of rotatable bonds is 2. The van der Waals surface area contributed by atoms with E-state index < -0.39 is 44.9 Å². The summed E-state index contributed by atoms with van der Waals surface area (Å²) in [5.41, 5.74) is -3.88. The van der Waals surface area contributed by atoms with Gasteiger partial charge in [-0.05, 0) is 79.1 Å². The molecule has 0 radical (unpaired) electrons. The highest BCUT2D eigenvalue weighted by molar-refractivity contribution is 6.01. The first kappa shape index (κ1) is 28.1. The molecule has 0 unspecified atom stereocenters. The maximum absolute atomic E-state index is 14.6. The smallest absolute Gasteiger partial charge is 0.312 e. The number of nitriles is 1. The molecule has 0 bridgehead atoms. The lowest BCUT2D eigenvalue weighted by molar-refractivity contribution is -0.206. The van der Waals surface area contributed by atoms with E-state index in [4.69, 9.17) is 9.47 Å². The Hall–Kier alpha value is -2.04. The van der Waals surface area contributed by atoms with E-state index in [1.54, 1.807) is 0 Å². The number of hydrogen-bond donors (Lipinski definition) is 1. The number of aliphatic hydroxyl groups excluding tert-OH is 1. The van der Waals surface area contributed by atoms with Gasteiger partial charge in [0.05, 0.1) is 18.6 Å². The normalized spacial score (nSPS) is 53.9. The molecule has 1 N–H and O–H groups in total. The monoisotopic (exact) mass is 551 g/mol. The van der Waals surface area contributed by atoms with Crippen LogP contribution in [0.15, 0.2) is 11.6 Å². The van der Waals surface area contributed by atoms with Crippen molar-refractivity contribution < 1.29 is 29.0 Å². The molecule has 11 atom stereocenters. The van der Waals surface area contributed by atoms with Gasteiger partial charge in [-0.1, -0.05) is 54.0 Å². The summed E-state index contributed by atoms with van der Waals surface area (Å²) in [7, 11) is 1.41. The lowest BCUT2D eigenvalue weighted by atomic mass is 9.33. The zero-order valence-corrected chi connectivity index (χ0v) is 25.3. The Morgan fingerprint density at radius 1 is 1.12 bits per heavy atom. The molecule has 40 heavy (non-hydrogen) atoms. The summed E-state index contributed by atoms with van der Waals surface area (Å²) in [6.45, 7) is 14.7. The number of ether oxygens (including phenoxy) is 2. The minimum absolute atomic E-state index is 0.0302. The van der Waals surface area contributed by atoms with Crippen molar-refractivity contribution in [3.8, 4) is 6.07 Å². The second-order valence-electron chi connectivity index (χ2n) is 15.6. The van der Waals surface area contributed by atoms with Crippen LogP contribution in [0.1, 0.15) is 93.4 Å². The summed E-state index contributed by atoms with van der Waals surface area (Å²) < 4.78 is 11.5. The molecule has 1 aliphatic heterocycles. The largest absolute Gasteiger partial charge is 0.469 e. The molecule has 218 valence electrons. The van der Waals surface area contributed by atoms with Gasteiger partial charge >= 0.3 is 5.97 Å². The Morgan fingerprint density at radius 3 is 2.40 bits per heavy atom. The molecular weight excluding hydrogens is 506 g/mol. The van der Waals surface area contributed by atoms with Crippen molar-refractivity contribution in [1.29, 1.82) is 5.26 Å². The van der Waals surface area contributed by atoms with E-state index in [2.05, 4.69) is 40.7 Å². The predicted molar refractivity (Wildman–Crippen MR) is 146 cm³/mol. The first-order valence-electron chi connectivity index (χ1n) is 15.2. The molecule has 0 amide bonds. The van der Waals surface area contributed by atoms with Crippen LogP contribution in [0.25, 0.3) is 0 Å². The molecule has 1 heterocycles. The van der Waals surface area contributed by atoms with Crippen LogP contribution in [0, 0.1) is 61.6 Å². The van der Waals surface area contributed by atoms with Crippen molar-refractivity contribution in [3.05, 3.63) is 11.6 Å². The van der Waals surface area contributed by atoms with E-state index in [0.29, 0.717) is 25.7 Å². The minimum atomic E-state index is -1.44. The third kappa shape index (κ3) is 2.81. The molecule has 4 saturated carbocycles. The number of allylic oxidation sites excluding steroid dienone is 1. The number of Topliss-reactive ketones (excluding diaryl/α,β-unsaturated/α-hetero) is 1. The van der Waals surface area contributed by atoms with Crippen molar-refractivity contribution in [3.63, 3.8) is 0 Å². The Kier molecular flexibility index (Phi) is 5.52. The van der Waals surface area contributed by atoms with Crippen molar-refractivity contribution in [2.75, 3.05) is 7.11 Å². The van der Waals surface area contributed by atoms with Crippen molar-refractivity contribution >= 4 is 17.5 Å². The van der Waals surface area contributed by atoms with Crippen LogP contribution in [0.3, 0.4) is 0 Å². The van der Waals surface area contributed by atoms with Gasteiger partial charge in [-0.25, -0.2) is 0 Å². The van der Waals surface area contributed by atoms with Crippen molar-refractivity contribution in [1.82, 2.24) is 0 Å².